The Morgan fingerprint density at radius 2 is 1.93 bits per heavy atom. The highest BCUT2D eigenvalue weighted by Crippen LogP contribution is 2.29. The largest absolute Gasteiger partial charge is 0.436 e. The number of aromatic nitrogens is 1. The Balaban J connectivity index is 1.60. The van der Waals surface area contributed by atoms with Gasteiger partial charge in [-0.1, -0.05) is 49.2 Å². The zero-order chi connectivity index (χ0) is 21.3. The lowest BCUT2D eigenvalue weighted by Crippen LogP contribution is -2.12. The second-order valence-electron chi connectivity index (χ2n) is 7.21. The third-order valence-electron chi connectivity index (χ3n) is 5.14. The number of amides is 1. The topological polar surface area (TPSA) is 55.1 Å². The number of nitrogens with one attached hydrogen (secondary N) is 1. The fourth-order valence-corrected chi connectivity index (χ4v) is 3.71. The molecule has 0 saturated carbocycles. The van der Waals surface area contributed by atoms with E-state index < -0.39 is 0 Å². The van der Waals surface area contributed by atoms with E-state index in [1.54, 1.807) is 24.3 Å². The smallest absolute Gasteiger partial charge is 0.257 e. The van der Waals surface area contributed by atoms with Crippen LogP contribution in [0.25, 0.3) is 22.6 Å². The number of halogens is 2. The molecule has 1 heterocycles. The molecule has 1 aromatic heterocycles. The molecule has 0 aliphatic rings. The Labute approximate surface area is 184 Å². The van der Waals surface area contributed by atoms with Crippen molar-refractivity contribution < 1.29 is 9.21 Å². The Bertz CT molecular complexity index is 1230. The van der Waals surface area contributed by atoms with Crippen LogP contribution in [0.4, 0.5) is 5.69 Å². The van der Waals surface area contributed by atoms with E-state index in [1.165, 1.54) is 5.56 Å². The van der Waals surface area contributed by atoms with Crippen molar-refractivity contribution in [3.05, 3.63) is 81.8 Å². The number of carbonyl (C=O) groups excluding carboxylic acids is 1. The lowest BCUT2D eigenvalue weighted by Gasteiger charge is -2.08. The van der Waals surface area contributed by atoms with Gasteiger partial charge in [-0.3, -0.25) is 4.79 Å². The van der Waals surface area contributed by atoms with Gasteiger partial charge < -0.3 is 9.73 Å². The Morgan fingerprint density at radius 1 is 1.10 bits per heavy atom. The van der Waals surface area contributed by atoms with E-state index in [2.05, 4.69) is 36.3 Å². The van der Waals surface area contributed by atoms with Gasteiger partial charge in [-0.2, -0.15) is 0 Å². The molecule has 1 N–H and O–H groups in total. The van der Waals surface area contributed by atoms with Crippen LogP contribution < -0.4 is 5.32 Å². The minimum absolute atomic E-state index is 0.298. The number of hydrogen-bond donors (Lipinski definition) is 1. The van der Waals surface area contributed by atoms with E-state index in [0.717, 1.165) is 23.1 Å². The lowest BCUT2D eigenvalue weighted by molar-refractivity contribution is 0.102. The first-order chi connectivity index (χ1) is 14.4. The van der Waals surface area contributed by atoms with Gasteiger partial charge in [0.25, 0.3) is 5.91 Å². The number of rotatable bonds is 5. The maximum atomic E-state index is 12.6. The highest BCUT2D eigenvalue weighted by atomic mass is 35.5. The number of nitrogens with zero attached hydrogens (tertiary/aromatic N) is 1. The first kappa shape index (κ1) is 20.5. The van der Waals surface area contributed by atoms with Crippen LogP contribution in [0, 0.1) is 0 Å². The minimum atomic E-state index is -0.315. The second kappa shape index (κ2) is 8.50. The average Bonchev–Trinajstić information content (AvgIpc) is 3.16. The molecule has 0 spiro atoms. The van der Waals surface area contributed by atoms with Crippen LogP contribution in [0.3, 0.4) is 0 Å². The molecule has 6 heteroatoms. The highest BCUT2D eigenvalue weighted by molar-refractivity contribution is 6.37. The van der Waals surface area contributed by atoms with Crippen molar-refractivity contribution in [1.29, 1.82) is 0 Å². The molecule has 0 saturated heterocycles. The van der Waals surface area contributed by atoms with Crippen LogP contribution in [0.2, 0.25) is 10.0 Å². The number of hydrogen-bond acceptors (Lipinski definition) is 3. The van der Waals surface area contributed by atoms with E-state index in [-0.39, 0.29) is 5.91 Å². The van der Waals surface area contributed by atoms with Crippen molar-refractivity contribution in [2.75, 3.05) is 5.32 Å². The van der Waals surface area contributed by atoms with Gasteiger partial charge in [0, 0.05) is 16.3 Å². The van der Waals surface area contributed by atoms with Crippen LogP contribution in [0.1, 0.15) is 42.1 Å². The number of carbonyl (C=O) groups is 1. The summed E-state index contributed by atoms with van der Waals surface area (Å²) in [7, 11) is 0. The molecule has 30 heavy (non-hydrogen) atoms. The van der Waals surface area contributed by atoms with Gasteiger partial charge in [0.2, 0.25) is 5.89 Å². The third kappa shape index (κ3) is 4.20. The average molecular weight is 439 g/mol. The first-order valence-electron chi connectivity index (χ1n) is 9.72. The van der Waals surface area contributed by atoms with Crippen LogP contribution >= 0.6 is 23.2 Å². The predicted molar refractivity (Wildman–Crippen MR) is 123 cm³/mol. The minimum Gasteiger partial charge on any atom is -0.436 e. The Kier molecular flexibility index (Phi) is 5.80. The summed E-state index contributed by atoms with van der Waals surface area (Å²) in [6, 6.07) is 18.2. The molecule has 4 aromatic rings. The summed E-state index contributed by atoms with van der Waals surface area (Å²) in [4.78, 5) is 17.2. The summed E-state index contributed by atoms with van der Waals surface area (Å²) in [6.45, 7) is 4.36. The molecular weight excluding hydrogens is 419 g/mol. The van der Waals surface area contributed by atoms with Crippen molar-refractivity contribution in [2.24, 2.45) is 0 Å². The maximum Gasteiger partial charge on any atom is 0.257 e. The summed E-state index contributed by atoms with van der Waals surface area (Å²) >= 11 is 12.0. The standard InChI is InChI=1S/C24H20Cl2N2O2/c1-3-14(2)15-7-10-22-21(12-15)28-24(30-22)16-5-4-6-18(11-16)27-23(29)19-9-8-17(25)13-20(19)26/h4-14H,3H2,1-2H3,(H,27,29)/t14-/m1/s1. The predicted octanol–water partition coefficient (Wildman–Crippen LogP) is 7.57. The molecule has 4 rings (SSSR count). The molecule has 4 nitrogen and oxygen atoms in total. The summed E-state index contributed by atoms with van der Waals surface area (Å²) < 4.78 is 5.94. The molecule has 0 aliphatic carbocycles. The molecule has 1 atom stereocenters. The molecule has 152 valence electrons. The van der Waals surface area contributed by atoms with E-state index in [1.807, 2.05) is 24.3 Å². The third-order valence-corrected chi connectivity index (χ3v) is 5.68. The summed E-state index contributed by atoms with van der Waals surface area (Å²) in [5.74, 6) is 0.657. The van der Waals surface area contributed by atoms with Gasteiger partial charge >= 0.3 is 0 Å². The number of benzene rings is 3. The summed E-state index contributed by atoms with van der Waals surface area (Å²) in [5, 5.41) is 3.63. The molecule has 0 unspecified atom stereocenters. The van der Waals surface area contributed by atoms with E-state index >= 15 is 0 Å². The molecular formula is C24H20Cl2N2O2. The van der Waals surface area contributed by atoms with E-state index in [9.17, 15) is 4.79 Å². The number of oxazole rings is 1. The fourth-order valence-electron chi connectivity index (χ4n) is 3.21. The molecule has 0 bridgehead atoms. The molecule has 0 aliphatic heterocycles. The monoisotopic (exact) mass is 438 g/mol. The first-order valence-corrected chi connectivity index (χ1v) is 10.5. The van der Waals surface area contributed by atoms with Crippen LogP contribution in [0.15, 0.2) is 65.1 Å². The van der Waals surface area contributed by atoms with Crippen LogP contribution in [-0.4, -0.2) is 10.9 Å². The molecule has 0 fully saturated rings. The maximum absolute atomic E-state index is 12.6. The fraction of sp³-hybridized carbons (Fsp3) is 0.167. The Morgan fingerprint density at radius 3 is 2.70 bits per heavy atom. The van der Waals surface area contributed by atoms with Gasteiger partial charge in [-0.05, 0) is 66.4 Å². The SMILES string of the molecule is CC[C@@H](C)c1ccc2oc(-c3cccc(NC(=O)c4ccc(Cl)cc4Cl)c3)nc2c1. The van der Waals surface area contributed by atoms with E-state index in [0.29, 0.717) is 33.1 Å². The normalized spacial score (nSPS) is 12.1. The number of fused-ring (bicyclic) bond motifs is 1. The van der Waals surface area contributed by atoms with Crippen LogP contribution in [-0.2, 0) is 0 Å². The second-order valence-corrected chi connectivity index (χ2v) is 8.06. The van der Waals surface area contributed by atoms with Gasteiger partial charge in [0.1, 0.15) is 5.52 Å². The summed E-state index contributed by atoms with van der Waals surface area (Å²) in [5.41, 5.74) is 4.54. The quantitative estimate of drug-likeness (QED) is 0.349. The van der Waals surface area contributed by atoms with Gasteiger partial charge in [-0.15, -0.1) is 0 Å². The summed E-state index contributed by atoms with van der Waals surface area (Å²) in [6.07, 6.45) is 1.07. The zero-order valence-corrected chi connectivity index (χ0v) is 18.1. The van der Waals surface area contributed by atoms with Gasteiger partial charge in [0.05, 0.1) is 10.6 Å². The molecule has 3 aromatic carbocycles. The number of anilines is 1. The van der Waals surface area contributed by atoms with Crippen molar-refractivity contribution in [2.45, 2.75) is 26.2 Å². The van der Waals surface area contributed by atoms with Crippen molar-refractivity contribution >= 4 is 45.9 Å². The molecule has 0 radical (unpaired) electrons. The lowest BCUT2D eigenvalue weighted by atomic mass is 9.98. The zero-order valence-electron chi connectivity index (χ0n) is 16.6. The van der Waals surface area contributed by atoms with Crippen LogP contribution in [0.5, 0.6) is 0 Å². The Hall–Kier alpha value is -2.82. The van der Waals surface area contributed by atoms with Crippen molar-refractivity contribution in [1.82, 2.24) is 4.98 Å². The van der Waals surface area contributed by atoms with Crippen molar-refractivity contribution in [3.63, 3.8) is 0 Å². The highest BCUT2D eigenvalue weighted by Gasteiger charge is 2.14. The van der Waals surface area contributed by atoms with Gasteiger partial charge in [0.15, 0.2) is 5.58 Å². The van der Waals surface area contributed by atoms with E-state index in [4.69, 9.17) is 27.6 Å². The van der Waals surface area contributed by atoms with Crippen molar-refractivity contribution in [3.8, 4) is 11.5 Å². The molecule has 1 amide bonds. The van der Waals surface area contributed by atoms with Gasteiger partial charge in [-0.25, -0.2) is 4.98 Å².